The van der Waals surface area contributed by atoms with Crippen molar-refractivity contribution in [1.82, 2.24) is 14.5 Å². The Hall–Kier alpha value is -1.70. The van der Waals surface area contributed by atoms with Gasteiger partial charge < -0.3 is 4.90 Å². The highest BCUT2D eigenvalue weighted by molar-refractivity contribution is 9.11. The van der Waals surface area contributed by atoms with E-state index in [0.717, 1.165) is 8.66 Å². The third kappa shape index (κ3) is 4.11. The number of hydrogen-bond acceptors (Lipinski definition) is 4. The molecule has 0 saturated heterocycles. The molecule has 0 radical (unpaired) electrons. The first kappa shape index (κ1) is 18.1. The molecule has 3 rings (SSSR count). The number of carbonyl (C=O) groups excluding carboxylic acids is 1. The number of fused-ring (bicyclic) bond motifs is 1. The standard InChI is InChI=1S/C17H15BrClN3O2S/c1-2-21(8-12-4-6-15(18)25-12)16(23)9-22-10-20-14-7-11(19)3-5-13(14)17(22)24/h3-7,10H,2,8-9H2,1H3. The lowest BCUT2D eigenvalue weighted by atomic mass is 10.2. The molecule has 0 unspecified atom stereocenters. The molecule has 2 heterocycles. The van der Waals surface area contributed by atoms with E-state index in [1.165, 1.54) is 10.9 Å². The predicted octanol–water partition coefficient (Wildman–Crippen LogP) is 3.92. The molecular weight excluding hydrogens is 426 g/mol. The fraction of sp³-hybridized carbons (Fsp3) is 0.235. The van der Waals surface area contributed by atoms with Crippen molar-refractivity contribution >= 4 is 55.7 Å². The van der Waals surface area contributed by atoms with E-state index < -0.39 is 0 Å². The quantitative estimate of drug-likeness (QED) is 0.604. The summed E-state index contributed by atoms with van der Waals surface area (Å²) in [6, 6.07) is 8.86. The first-order valence-electron chi connectivity index (χ1n) is 7.64. The summed E-state index contributed by atoms with van der Waals surface area (Å²) < 4.78 is 2.37. The molecule has 130 valence electrons. The van der Waals surface area contributed by atoms with Crippen molar-refractivity contribution in [2.24, 2.45) is 0 Å². The summed E-state index contributed by atoms with van der Waals surface area (Å²) in [5, 5.41) is 0.970. The van der Waals surface area contributed by atoms with Gasteiger partial charge in [0.1, 0.15) is 6.54 Å². The van der Waals surface area contributed by atoms with E-state index in [4.69, 9.17) is 11.6 Å². The lowest BCUT2D eigenvalue weighted by Gasteiger charge is -2.20. The highest BCUT2D eigenvalue weighted by Gasteiger charge is 2.15. The second-order valence-electron chi connectivity index (χ2n) is 5.45. The van der Waals surface area contributed by atoms with E-state index >= 15 is 0 Å². The number of carbonyl (C=O) groups is 1. The van der Waals surface area contributed by atoms with Crippen LogP contribution < -0.4 is 5.56 Å². The smallest absolute Gasteiger partial charge is 0.261 e. The lowest BCUT2D eigenvalue weighted by molar-refractivity contribution is -0.132. The van der Waals surface area contributed by atoms with Crippen LogP contribution in [0.1, 0.15) is 11.8 Å². The maximum atomic E-state index is 12.6. The van der Waals surface area contributed by atoms with Gasteiger partial charge in [0.25, 0.3) is 5.56 Å². The molecule has 0 bridgehead atoms. The number of likely N-dealkylation sites (N-methyl/N-ethyl adjacent to an activating group) is 1. The Morgan fingerprint density at radius 1 is 1.36 bits per heavy atom. The van der Waals surface area contributed by atoms with Gasteiger partial charge in [-0.25, -0.2) is 4.98 Å². The molecule has 0 aliphatic heterocycles. The Labute approximate surface area is 162 Å². The number of rotatable bonds is 5. The van der Waals surface area contributed by atoms with Gasteiger partial charge in [0, 0.05) is 16.4 Å². The summed E-state index contributed by atoms with van der Waals surface area (Å²) in [5.41, 5.74) is 0.280. The molecular formula is C17H15BrClN3O2S. The Morgan fingerprint density at radius 2 is 2.16 bits per heavy atom. The number of nitrogens with zero attached hydrogens (tertiary/aromatic N) is 3. The second kappa shape index (κ2) is 7.68. The van der Waals surface area contributed by atoms with Crippen molar-refractivity contribution in [2.75, 3.05) is 6.54 Å². The second-order valence-corrected chi connectivity index (χ2v) is 8.44. The van der Waals surface area contributed by atoms with Crippen molar-refractivity contribution in [3.05, 3.63) is 60.7 Å². The van der Waals surface area contributed by atoms with Crippen LogP contribution >= 0.6 is 38.9 Å². The number of thiophene rings is 1. The predicted molar refractivity (Wildman–Crippen MR) is 104 cm³/mol. The van der Waals surface area contributed by atoms with E-state index in [9.17, 15) is 9.59 Å². The maximum Gasteiger partial charge on any atom is 0.261 e. The summed E-state index contributed by atoms with van der Waals surface area (Å²) >= 11 is 10.9. The van der Waals surface area contributed by atoms with Gasteiger partial charge in [-0.3, -0.25) is 14.2 Å². The summed E-state index contributed by atoms with van der Waals surface area (Å²) in [6.45, 7) is 2.98. The molecule has 0 N–H and O–H groups in total. The Kier molecular flexibility index (Phi) is 5.56. The van der Waals surface area contributed by atoms with Crippen molar-refractivity contribution in [2.45, 2.75) is 20.0 Å². The fourth-order valence-electron chi connectivity index (χ4n) is 2.49. The fourth-order valence-corrected chi connectivity index (χ4v) is 4.16. The molecule has 5 nitrogen and oxygen atoms in total. The highest BCUT2D eigenvalue weighted by atomic mass is 79.9. The largest absolute Gasteiger partial charge is 0.336 e. The van der Waals surface area contributed by atoms with Gasteiger partial charge in [-0.15, -0.1) is 11.3 Å². The summed E-state index contributed by atoms with van der Waals surface area (Å²) in [4.78, 5) is 32.2. The number of amides is 1. The van der Waals surface area contributed by atoms with E-state index in [2.05, 4.69) is 20.9 Å². The minimum absolute atomic E-state index is 0.0369. The number of hydrogen-bond donors (Lipinski definition) is 0. The van der Waals surface area contributed by atoms with E-state index in [1.54, 1.807) is 34.4 Å². The molecule has 0 aliphatic rings. The Balaban J connectivity index is 1.81. The molecule has 0 atom stereocenters. The van der Waals surface area contributed by atoms with Gasteiger partial charge in [-0.1, -0.05) is 11.6 Å². The molecule has 8 heteroatoms. The molecule has 3 aromatic rings. The van der Waals surface area contributed by atoms with Crippen LogP contribution in [-0.4, -0.2) is 26.9 Å². The SMILES string of the molecule is CCN(Cc1ccc(Br)s1)C(=O)Cn1cnc2cc(Cl)ccc2c1=O. The van der Waals surface area contributed by atoms with Crippen LogP contribution in [0, 0.1) is 0 Å². The molecule has 1 aromatic carbocycles. The molecule has 0 spiro atoms. The molecule has 0 aliphatic carbocycles. The zero-order chi connectivity index (χ0) is 18.0. The lowest BCUT2D eigenvalue weighted by Crippen LogP contribution is -2.36. The number of aromatic nitrogens is 2. The van der Waals surface area contributed by atoms with Crippen molar-refractivity contribution in [3.8, 4) is 0 Å². The zero-order valence-corrected chi connectivity index (χ0v) is 16.6. The first-order valence-corrected chi connectivity index (χ1v) is 9.63. The van der Waals surface area contributed by atoms with Crippen molar-refractivity contribution < 1.29 is 4.79 Å². The zero-order valence-electron chi connectivity index (χ0n) is 13.4. The van der Waals surface area contributed by atoms with Gasteiger partial charge in [-0.2, -0.15) is 0 Å². The summed E-state index contributed by atoms with van der Waals surface area (Å²) in [6.07, 6.45) is 1.40. The minimum atomic E-state index is -0.245. The monoisotopic (exact) mass is 439 g/mol. The normalized spacial score (nSPS) is 11.0. The van der Waals surface area contributed by atoms with E-state index in [1.807, 2.05) is 19.1 Å². The average molecular weight is 441 g/mol. The van der Waals surface area contributed by atoms with Crippen molar-refractivity contribution in [1.29, 1.82) is 0 Å². The summed E-state index contributed by atoms with van der Waals surface area (Å²) in [5.74, 6) is -0.121. The first-order chi connectivity index (χ1) is 12.0. The van der Waals surface area contributed by atoms with Gasteiger partial charge in [0.15, 0.2) is 0 Å². The van der Waals surface area contributed by atoms with E-state index in [0.29, 0.717) is 29.0 Å². The topological polar surface area (TPSA) is 55.2 Å². The molecule has 1 amide bonds. The van der Waals surface area contributed by atoms with Gasteiger partial charge in [0.05, 0.1) is 27.6 Å². The Bertz CT molecular complexity index is 985. The van der Waals surface area contributed by atoms with Crippen LogP contribution in [0.15, 0.2) is 45.2 Å². The third-order valence-electron chi connectivity index (χ3n) is 3.80. The summed E-state index contributed by atoms with van der Waals surface area (Å²) in [7, 11) is 0. The van der Waals surface area contributed by atoms with Gasteiger partial charge >= 0.3 is 0 Å². The van der Waals surface area contributed by atoms with Gasteiger partial charge in [0.2, 0.25) is 5.91 Å². The van der Waals surface area contributed by atoms with Crippen LogP contribution in [0.3, 0.4) is 0 Å². The van der Waals surface area contributed by atoms with Crippen LogP contribution in [0.5, 0.6) is 0 Å². The molecule has 0 fully saturated rings. The van der Waals surface area contributed by atoms with Gasteiger partial charge in [-0.05, 0) is 53.2 Å². The van der Waals surface area contributed by atoms with Crippen molar-refractivity contribution in [3.63, 3.8) is 0 Å². The van der Waals surface area contributed by atoms with Crippen LogP contribution in [0.4, 0.5) is 0 Å². The Morgan fingerprint density at radius 3 is 2.84 bits per heavy atom. The third-order valence-corrected chi connectivity index (χ3v) is 5.65. The highest BCUT2D eigenvalue weighted by Crippen LogP contribution is 2.23. The average Bonchev–Trinajstić information content (AvgIpc) is 3.00. The molecule has 0 saturated carbocycles. The number of benzene rings is 1. The van der Waals surface area contributed by atoms with Crippen LogP contribution in [-0.2, 0) is 17.9 Å². The van der Waals surface area contributed by atoms with Crippen LogP contribution in [0.2, 0.25) is 5.02 Å². The van der Waals surface area contributed by atoms with Crippen LogP contribution in [0.25, 0.3) is 10.9 Å². The molecule has 25 heavy (non-hydrogen) atoms. The molecule has 2 aromatic heterocycles. The minimum Gasteiger partial charge on any atom is -0.336 e. The number of halogens is 2. The maximum absolute atomic E-state index is 12.6. The van der Waals surface area contributed by atoms with E-state index in [-0.39, 0.29) is 18.0 Å².